The van der Waals surface area contributed by atoms with Crippen LogP contribution in [0.2, 0.25) is 0 Å². The molecule has 0 rings (SSSR count). The molecule has 0 aliphatic heterocycles. The lowest BCUT2D eigenvalue weighted by molar-refractivity contribution is 0.243. The topological polar surface area (TPSA) is 15.3 Å². The molecule has 0 aromatic heterocycles. The van der Waals surface area contributed by atoms with Gasteiger partial charge in [0.25, 0.3) is 0 Å². The molecule has 0 saturated heterocycles. The molecule has 0 radical (unpaired) electrons. The second-order valence-corrected chi connectivity index (χ2v) is 2.16. The van der Waals surface area contributed by atoms with Crippen molar-refractivity contribution in [3.05, 3.63) is 0 Å². The zero-order valence-corrected chi connectivity index (χ0v) is 6.86. The fraction of sp³-hybridized carbons (Fsp3) is 1.00. The quantitative estimate of drug-likeness (QED) is 0.562. The SMILES string of the molecule is CCNCN(CC)CCF. The van der Waals surface area contributed by atoms with Gasteiger partial charge >= 0.3 is 0 Å². The van der Waals surface area contributed by atoms with Gasteiger partial charge in [-0.1, -0.05) is 13.8 Å². The highest BCUT2D eigenvalue weighted by Gasteiger charge is 1.97. The van der Waals surface area contributed by atoms with Gasteiger partial charge in [-0.05, 0) is 13.1 Å². The van der Waals surface area contributed by atoms with E-state index >= 15 is 0 Å². The molecule has 0 atom stereocenters. The molecular weight excluding hydrogens is 131 g/mol. The van der Waals surface area contributed by atoms with E-state index in [1.807, 2.05) is 18.7 Å². The zero-order valence-electron chi connectivity index (χ0n) is 6.86. The number of hydrogen-bond donors (Lipinski definition) is 1. The van der Waals surface area contributed by atoms with E-state index < -0.39 is 0 Å². The van der Waals surface area contributed by atoms with Crippen molar-refractivity contribution in [2.75, 3.05) is 33.0 Å². The van der Waals surface area contributed by atoms with Crippen molar-refractivity contribution >= 4 is 0 Å². The second kappa shape index (κ2) is 6.96. The lowest BCUT2D eigenvalue weighted by Gasteiger charge is -2.18. The first-order valence-electron chi connectivity index (χ1n) is 3.84. The smallest absolute Gasteiger partial charge is 0.102 e. The molecule has 0 aliphatic rings. The first-order chi connectivity index (χ1) is 4.85. The Balaban J connectivity index is 3.21. The van der Waals surface area contributed by atoms with Crippen LogP contribution in [0.4, 0.5) is 4.39 Å². The number of alkyl halides is 1. The van der Waals surface area contributed by atoms with Crippen molar-refractivity contribution < 1.29 is 4.39 Å². The molecule has 10 heavy (non-hydrogen) atoms. The molecule has 0 spiro atoms. The van der Waals surface area contributed by atoms with Gasteiger partial charge in [0.2, 0.25) is 0 Å². The van der Waals surface area contributed by atoms with E-state index in [-0.39, 0.29) is 6.67 Å². The molecule has 0 fully saturated rings. The zero-order chi connectivity index (χ0) is 7.82. The Morgan fingerprint density at radius 2 is 2.10 bits per heavy atom. The molecule has 0 aliphatic carbocycles. The van der Waals surface area contributed by atoms with Crippen molar-refractivity contribution in [2.24, 2.45) is 0 Å². The predicted octanol–water partition coefficient (Wildman–Crippen LogP) is 0.845. The summed E-state index contributed by atoms with van der Waals surface area (Å²) < 4.78 is 11.8. The Labute approximate surface area is 62.4 Å². The van der Waals surface area contributed by atoms with E-state index in [4.69, 9.17) is 0 Å². The predicted molar refractivity (Wildman–Crippen MR) is 41.8 cm³/mol. The average Bonchev–Trinajstić information content (AvgIpc) is 1.98. The Kier molecular flexibility index (Phi) is 6.86. The summed E-state index contributed by atoms with van der Waals surface area (Å²) in [6, 6.07) is 0. The highest BCUT2D eigenvalue weighted by Crippen LogP contribution is 1.83. The number of rotatable bonds is 6. The van der Waals surface area contributed by atoms with Crippen LogP contribution >= 0.6 is 0 Å². The summed E-state index contributed by atoms with van der Waals surface area (Å²) in [6.45, 7) is 7.04. The number of hydrogen-bond acceptors (Lipinski definition) is 2. The molecule has 0 heterocycles. The van der Waals surface area contributed by atoms with Crippen LogP contribution in [-0.2, 0) is 0 Å². The average molecular weight is 148 g/mol. The van der Waals surface area contributed by atoms with Crippen LogP contribution in [0, 0.1) is 0 Å². The highest BCUT2D eigenvalue weighted by molar-refractivity contribution is 4.51. The van der Waals surface area contributed by atoms with Gasteiger partial charge < -0.3 is 5.32 Å². The van der Waals surface area contributed by atoms with Crippen LogP contribution in [0.25, 0.3) is 0 Å². The van der Waals surface area contributed by atoms with Gasteiger partial charge in [0.1, 0.15) is 6.67 Å². The maximum atomic E-state index is 11.8. The number of nitrogens with zero attached hydrogens (tertiary/aromatic N) is 1. The molecule has 3 heteroatoms. The summed E-state index contributed by atoms with van der Waals surface area (Å²) in [6.07, 6.45) is 0. The molecule has 0 aromatic rings. The minimum absolute atomic E-state index is 0.251. The molecule has 0 saturated carbocycles. The molecule has 0 unspecified atom stereocenters. The highest BCUT2D eigenvalue weighted by atomic mass is 19.1. The minimum atomic E-state index is -0.251. The van der Waals surface area contributed by atoms with E-state index in [1.54, 1.807) is 0 Å². The third kappa shape index (κ3) is 4.70. The first kappa shape index (κ1) is 9.85. The lowest BCUT2D eigenvalue weighted by Crippen LogP contribution is -2.35. The standard InChI is InChI=1S/C7H17FN2/c1-3-9-7-10(4-2)6-5-8/h9H,3-7H2,1-2H3. The van der Waals surface area contributed by atoms with Crippen molar-refractivity contribution in [3.8, 4) is 0 Å². The molecular formula is C7H17FN2. The van der Waals surface area contributed by atoms with Gasteiger partial charge in [-0.15, -0.1) is 0 Å². The van der Waals surface area contributed by atoms with Crippen LogP contribution in [-0.4, -0.2) is 37.9 Å². The largest absolute Gasteiger partial charge is 0.305 e. The normalized spacial score (nSPS) is 10.8. The Bertz CT molecular complexity index is 68.6. The van der Waals surface area contributed by atoms with E-state index in [0.29, 0.717) is 6.54 Å². The third-order valence-corrected chi connectivity index (χ3v) is 1.43. The minimum Gasteiger partial charge on any atom is -0.305 e. The van der Waals surface area contributed by atoms with Gasteiger partial charge in [0, 0.05) is 13.2 Å². The molecule has 0 bridgehead atoms. The van der Waals surface area contributed by atoms with Crippen molar-refractivity contribution in [2.45, 2.75) is 13.8 Å². The van der Waals surface area contributed by atoms with Gasteiger partial charge in [0.05, 0.1) is 0 Å². The van der Waals surface area contributed by atoms with Crippen LogP contribution in [0.15, 0.2) is 0 Å². The fourth-order valence-corrected chi connectivity index (χ4v) is 0.738. The summed E-state index contributed by atoms with van der Waals surface area (Å²) in [4.78, 5) is 2.03. The van der Waals surface area contributed by atoms with Gasteiger partial charge in [-0.3, -0.25) is 4.90 Å². The van der Waals surface area contributed by atoms with Crippen LogP contribution in [0.1, 0.15) is 13.8 Å². The maximum absolute atomic E-state index is 11.8. The van der Waals surface area contributed by atoms with Crippen LogP contribution < -0.4 is 5.32 Å². The van der Waals surface area contributed by atoms with Crippen molar-refractivity contribution in [1.82, 2.24) is 10.2 Å². The monoisotopic (exact) mass is 148 g/mol. The molecule has 62 valence electrons. The van der Waals surface area contributed by atoms with E-state index in [0.717, 1.165) is 19.8 Å². The summed E-state index contributed by atoms with van der Waals surface area (Å²) in [7, 11) is 0. The van der Waals surface area contributed by atoms with E-state index in [2.05, 4.69) is 5.32 Å². The third-order valence-electron chi connectivity index (χ3n) is 1.43. The Morgan fingerprint density at radius 1 is 1.40 bits per heavy atom. The van der Waals surface area contributed by atoms with Crippen LogP contribution in [0.5, 0.6) is 0 Å². The fourth-order valence-electron chi connectivity index (χ4n) is 0.738. The molecule has 0 amide bonds. The maximum Gasteiger partial charge on any atom is 0.102 e. The van der Waals surface area contributed by atoms with Crippen LogP contribution in [0.3, 0.4) is 0 Å². The van der Waals surface area contributed by atoms with E-state index in [9.17, 15) is 4.39 Å². The summed E-state index contributed by atoms with van der Waals surface area (Å²) >= 11 is 0. The van der Waals surface area contributed by atoms with Crippen molar-refractivity contribution in [1.29, 1.82) is 0 Å². The summed E-state index contributed by atoms with van der Waals surface area (Å²) in [5.74, 6) is 0. The Morgan fingerprint density at radius 3 is 2.50 bits per heavy atom. The lowest BCUT2D eigenvalue weighted by atomic mass is 10.5. The summed E-state index contributed by atoms with van der Waals surface area (Å²) in [5, 5.41) is 3.14. The van der Waals surface area contributed by atoms with Crippen molar-refractivity contribution in [3.63, 3.8) is 0 Å². The molecule has 2 nitrogen and oxygen atoms in total. The number of nitrogens with one attached hydrogen (secondary N) is 1. The summed E-state index contributed by atoms with van der Waals surface area (Å²) in [5.41, 5.74) is 0. The second-order valence-electron chi connectivity index (χ2n) is 2.16. The van der Waals surface area contributed by atoms with Gasteiger partial charge in [-0.25, -0.2) is 4.39 Å². The van der Waals surface area contributed by atoms with Gasteiger partial charge in [0.15, 0.2) is 0 Å². The van der Waals surface area contributed by atoms with Gasteiger partial charge in [-0.2, -0.15) is 0 Å². The van der Waals surface area contributed by atoms with E-state index in [1.165, 1.54) is 0 Å². The number of halogens is 1. The molecule has 1 N–H and O–H groups in total. The Hall–Kier alpha value is -0.150. The molecule has 0 aromatic carbocycles. The first-order valence-corrected chi connectivity index (χ1v) is 3.84.